The number of likely N-dealkylation sites (N-methyl/N-ethyl adjacent to an activating group) is 1. The summed E-state index contributed by atoms with van der Waals surface area (Å²) in [7, 11) is -3.92. The summed E-state index contributed by atoms with van der Waals surface area (Å²) in [4.78, 5) is 11.6. The van der Waals surface area contributed by atoms with E-state index in [1.165, 1.54) is 0 Å². The van der Waals surface area contributed by atoms with Crippen molar-refractivity contribution in [1.82, 2.24) is 5.32 Å². The van der Waals surface area contributed by atoms with Crippen molar-refractivity contribution >= 4 is 16.0 Å². The van der Waals surface area contributed by atoms with E-state index in [0.717, 1.165) is 11.1 Å². The van der Waals surface area contributed by atoms with Gasteiger partial charge in [0.05, 0.1) is 12.2 Å². The third-order valence-corrected chi connectivity index (χ3v) is 3.50. The Balaban J connectivity index is 2.65. The third kappa shape index (κ3) is 6.35. The molecule has 0 spiro atoms. The minimum Gasteiger partial charge on any atom is -0.356 e. The van der Waals surface area contributed by atoms with Crippen LogP contribution >= 0.6 is 0 Å². The van der Waals surface area contributed by atoms with E-state index in [2.05, 4.69) is 5.32 Å². The Bertz CT molecular complexity index is 525. The number of benzene rings is 1. The number of amides is 1. The van der Waals surface area contributed by atoms with E-state index in [1.54, 1.807) is 0 Å². The highest BCUT2D eigenvalue weighted by Crippen LogP contribution is 2.12. The van der Waals surface area contributed by atoms with Gasteiger partial charge < -0.3 is 5.32 Å². The molecule has 1 rings (SSSR count). The number of carbonyl (C=O) groups is 1. The number of rotatable bonds is 7. The van der Waals surface area contributed by atoms with E-state index < -0.39 is 10.1 Å². The number of carbonyl (C=O) groups excluding carboxylic acids is 1. The highest BCUT2D eigenvalue weighted by Gasteiger charge is 2.09. The Morgan fingerprint density at radius 2 is 1.89 bits per heavy atom. The minimum absolute atomic E-state index is 0.0512. The van der Waals surface area contributed by atoms with Crippen LogP contribution in [0.15, 0.2) is 24.3 Å². The van der Waals surface area contributed by atoms with Gasteiger partial charge in [-0.3, -0.25) is 9.35 Å². The maximum Gasteiger partial charge on any atom is 0.264 e. The summed E-state index contributed by atoms with van der Waals surface area (Å²) in [6.45, 7) is 2.44. The molecule has 5 nitrogen and oxygen atoms in total. The van der Waals surface area contributed by atoms with E-state index in [4.69, 9.17) is 4.55 Å². The molecule has 1 aromatic rings. The lowest BCUT2D eigenvalue weighted by molar-refractivity contribution is -0.120. The molecule has 0 unspecified atom stereocenters. The van der Waals surface area contributed by atoms with Gasteiger partial charge in [0.25, 0.3) is 10.1 Å². The van der Waals surface area contributed by atoms with Crippen LogP contribution in [0.3, 0.4) is 0 Å². The molecule has 0 fully saturated rings. The van der Waals surface area contributed by atoms with Crippen molar-refractivity contribution in [2.75, 3.05) is 12.3 Å². The average Bonchev–Trinajstić information content (AvgIpc) is 2.30. The molecule has 19 heavy (non-hydrogen) atoms. The van der Waals surface area contributed by atoms with Crippen molar-refractivity contribution in [2.24, 2.45) is 0 Å². The molecule has 0 aliphatic rings. The first-order valence-electron chi connectivity index (χ1n) is 6.21. The maximum atomic E-state index is 11.6. The van der Waals surface area contributed by atoms with E-state index in [-0.39, 0.29) is 18.1 Å². The predicted molar refractivity (Wildman–Crippen MR) is 73.6 cm³/mol. The summed E-state index contributed by atoms with van der Waals surface area (Å²) >= 11 is 0. The van der Waals surface area contributed by atoms with Gasteiger partial charge in [-0.15, -0.1) is 0 Å². The zero-order valence-corrected chi connectivity index (χ0v) is 11.7. The molecule has 0 bridgehead atoms. The highest BCUT2D eigenvalue weighted by atomic mass is 32.2. The van der Waals surface area contributed by atoms with Crippen molar-refractivity contribution < 1.29 is 17.8 Å². The van der Waals surface area contributed by atoms with Crippen LogP contribution in [0, 0.1) is 0 Å². The van der Waals surface area contributed by atoms with Gasteiger partial charge in [-0.2, -0.15) is 8.42 Å². The minimum atomic E-state index is -3.92. The van der Waals surface area contributed by atoms with Crippen molar-refractivity contribution in [1.29, 1.82) is 0 Å². The summed E-state index contributed by atoms with van der Waals surface area (Å²) in [5.41, 5.74) is 1.83. The second-order valence-electron chi connectivity index (χ2n) is 4.29. The molecule has 0 aromatic heterocycles. The topological polar surface area (TPSA) is 83.5 Å². The Hall–Kier alpha value is -1.40. The van der Waals surface area contributed by atoms with Gasteiger partial charge in [0.2, 0.25) is 5.91 Å². The highest BCUT2D eigenvalue weighted by molar-refractivity contribution is 7.85. The Labute approximate surface area is 113 Å². The van der Waals surface area contributed by atoms with Crippen LogP contribution in [0.25, 0.3) is 0 Å². The standard InChI is InChI=1S/C13H19NO4S/c1-2-14-13(15)10-12-7-4-3-6-11(12)8-5-9-19(16,17)18/h3-4,6-7H,2,5,8-10H2,1H3,(H,14,15)(H,16,17,18). The van der Waals surface area contributed by atoms with Gasteiger partial charge in [-0.1, -0.05) is 24.3 Å². The lowest BCUT2D eigenvalue weighted by Gasteiger charge is -2.09. The lowest BCUT2D eigenvalue weighted by atomic mass is 10.0. The predicted octanol–water partition coefficient (Wildman–Crippen LogP) is 1.19. The van der Waals surface area contributed by atoms with E-state index in [9.17, 15) is 13.2 Å². The molecule has 0 aliphatic carbocycles. The van der Waals surface area contributed by atoms with Crippen molar-refractivity contribution in [3.8, 4) is 0 Å². The molecular weight excluding hydrogens is 266 g/mol. The summed E-state index contributed by atoms with van der Waals surface area (Å²) in [5.74, 6) is -0.313. The number of hydrogen-bond acceptors (Lipinski definition) is 3. The van der Waals surface area contributed by atoms with E-state index >= 15 is 0 Å². The summed E-state index contributed by atoms with van der Waals surface area (Å²) in [5, 5.41) is 2.73. The largest absolute Gasteiger partial charge is 0.356 e. The molecule has 1 amide bonds. The fraction of sp³-hybridized carbons (Fsp3) is 0.462. The molecule has 1 aromatic carbocycles. The molecule has 6 heteroatoms. The fourth-order valence-corrected chi connectivity index (χ4v) is 2.36. The average molecular weight is 285 g/mol. The number of aryl methyl sites for hydroxylation is 1. The first-order valence-corrected chi connectivity index (χ1v) is 7.82. The second-order valence-corrected chi connectivity index (χ2v) is 5.86. The van der Waals surface area contributed by atoms with Gasteiger partial charge in [-0.05, 0) is 30.9 Å². The summed E-state index contributed by atoms with van der Waals surface area (Å²) < 4.78 is 30.0. The van der Waals surface area contributed by atoms with Gasteiger partial charge in [0, 0.05) is 6.54 Å². The molecule has 2 N–H and O–H groups in total. The van der Waals surface area contributed by atoms with Crippen LogP contribution < -0.4 is 5.32 Å². The fourth-order valence-electron chi connectivity index (χ4n) is 1.85. The summed E-state index contributed by atoms with van der Waals surface area (Å²) in [6.07, 6.45) is 1.15. The zero-order chi connectivity index (χ0) is 14.3. The smallest absolute Gasteiger partial charge is 0.264 e. The molecule has 0 aliphatic heterocycles. The first-order chi connectivity index (χ1) is 8.92. The second kappa shape index (κ2) is 7.25. The van der Waals surface area contributed by atoms with Gasteiger partial charge in [0.1, 0.15) is 0 Å². The van der Waals surface area contributed by atoms with Crippen LogP contribution in [0.2, 0.25) is 0 Å². The molecule has 0 atom stereocenters. The maximum absolute atomic E-state index is 11.6. The summed E-state index contributed by atoms with van der Waals surface area (Å²) in [6, 6.07) is 7.43. The zero-order valence-electron chi connectivity index (χ0n) is 10.9. The first kappa shape index (κ1) is 15.7. The van der Waals surface area contributed by atoms with Crippen LogP contribution in [-0.4, -0.2) is 31.2 Å². The monoisotopic (exact) mass is 285 g/mol. The normalized spacial score (nSPS) is 11.3. The number of nitrogens with one attached hydrogen (secondary N) is 1. The van der Waals surface area contributed by atoms with Crippen LogP contribution in [0.5, 0.6) is 0 Å². The van der Waals surface area contributed by atoms with Crippen molar-refractivity contribution in [2.45, 2.75) is 26.2 Å². The Kier molecular flexibility index (Phi) is 5.98. The van der Waals surface area contributed by atoms with Gasteiger partial charge in [0.15, 0.2) is 0 Å². The quantitative estimate of drug-likeness (QED) is 0.737. The SMILES string of the molecule is CCNC(=O)Cc1ccccc1CCCS(=O)(=O)O. The van der Waals surface area contributed by atoms with Crippen molar-refractivity contribution in [3.63, 3.8) is 0 Å². The molecular formula is C13H19NO4S. The van der Waals surface area contributed by atoms with E-state index in [0.29, 0.717) is 19.4 Å². The Morgan fingerprint density at radius 1 is 1.26 bits per heavy atom. The number of hydrogen-bond donors (Lipinski definition) is 2. The molecule has 0 radical (unpaired) electrons. The Morgan fingerprint density at radius 3 is 2.47 bits per heavy atom. The van der Waals surface area contributed by atoms with Crippen molar-refractivity contribution in [3.05, 3.63) is 35.4 Å². The van der Waals surface area contributed by atoms with Gasteiger partial charge in [-0.25, -0.2) is 0 Å². The third-order valence-electron chi connectivity index (χ3n) is 2.69. The molecule has 106 valence electrons. The lowest BCUT2D eigenvalue weighted by Crippen LogP contribution is -2.24. The van der Waals surface area contributed by atoms with Gasteiger partial charge >= 0.3 is 0 Å². The van der Waals surface area contributed by atoms with E-state index in [1.807, 2.05) is 31.2 Å². The van der Waals surface area contributed by atoms with Crippen LogP contribution in [0.4, 0.5) is 0 Å². The molecule has 0 heterocycles. The molecule has 0 saturated heterocycles. The van der Waals surface area contributed by atoms with Crippen LogP contribution in [-0.2, 0) is 27.8 Å². The van der Waals surface area contributed by atoms with Crippen LogP contribution in [0.1, 0.15) is 24.5 Å². The molecule has 0 saturated carbocycles.